The molecule has 0 saturated heterocycles. The Morgan fingerprint density at radius 1 is 1.03 bits per heavy atom. The highest BCUT2D eigenvalue weighted by Crippen LogP contribution is 2.71. The van der Waals surface area contributed by atoms with Gasteiger partial charge >= 0.3 is 5.63 Å². The Balaban J connectivity index is 1.56. The van der Waals surface area contributed by atoms with Crippen molar-refractivity contribution in [2.45, 2.75) is 88.4 Å². The molecule has 0 amide bonds. The van der Waals surface area contributed by atoms with Crippen LogP contribution >= 0.6 is 0 Å². The van der Waals surface area contributed by atoms with Crippen molar-refractivity contribution in [1.82, 2.24) is 0 Å². The van der Waals surface area contributed by atoms with E-state index in [1.165, 1.54) is 17.9 Å². The van der Waals surface area contributed by atoms with Gasteiger partial charge in [0, 0.05) is 11.5 Å². The van der Waals surface area contributed by atoms with Crippen LogP contribution in [-0.2, 0) is 0 Å². The molecule has 7 atom stereocenters. The van der Waals surface area contributed by atoms with Gasteiger partial charge in [0.25, 0.3) is 0 Å². The molecule has 5 heteroatoms. The van der Waals surface area contributed by atoms with Gasteiger partial charge in [-0.2, -0.15) is 0 Å². The average molecular weight is 401 g/mol. The second-order valence-corrected chi connectivity index (χ2v) is 10.5. The van der Waals surface area contributed by atoms with Gasteiger partial charge in [-0.1, -0.05) is 25.5 Å². The van der Waals surface area contributed by atoms with E-state index in [9.17, 15) is 20.1 Å². The first kappa shape index (κ1) is 19.5. The van der Waals surface area contributed by atoms with Crippen LogP contribution in [0.1, 0.15) is 76.7 Å². The average Bonchev–Trinajstić information content (AvgIpc) is 2.96. The van der Waals surface area contributed by atoms with Gasteiger partial charge in [0.05, 0.1) is 23.6 Å². The Labute approximate surface area is 171 Å². The van der Waals surface area contributed by atoms with Crippen molar-refractivity contribution >= 4 is 0 Å². The SMILES string of the molecule is C[C@]12CC[C@@H](O)C=C1CC[C@]1(O)[C@@H]2CC[C@]2(C)[C@@H](c3ccc(=O)oc3)CC[C@@]21O. The van der Waals surface area contributed by atoms with Crippen LogP contribution in [0.5, 0.6) is 0 Å². The fourth-order valence-electron chi connectivity index (χ4n) is 7.84. The molecule has 1 heterocycles. The van der Waals surface area contributed by atoms with Crippen molar-refractivity contribution in [3.8, 4) is 0 Å². The van der Waals surface area contributed by atoms with Gasteiger partial charge in [-0.05, 0) is 80.2 Å². The molecule has 0 aromatic carbocycles. The first-order valence-corrected chi connectivity index (χ1v) is 11.1. The fraction of sp³-hybridized carbons (Fsp3) is 0.708. The van der Waals surface area contributed by atoms with Crippen LogP contribution in [0.3, 0.4) is 0 Å². The number of aliphatic hydroxyl groups excluding tert-OH is 1. The quantitative estimate of drug-likeness (QED) is 0.630. The van der Waals surface area contributed by atoms with Crippen LogP contribution < -0.4 is 5.63 Å². The molecule has 3 saturated carbocycles. The second-order valence-electron chi connectivity index (χ2n) is 10.5. The highest BCUT2D eigenvalue weighted by Gasteiger charge is 2.73. The summed E-state index contributed by atoms with van der Waals surface area (Å²) in [7, 11) is 0. The zero-order valence-corrected chi connectivity index (χ0v) is 17.4. The number of fused-ring (bicyclic) bond motifs is 5. The van der Waals surface area contributed by atoms with E-state index in [4.69, 9.17) is 4.42 Å². The zero-order chi connectivity index (χ0) is 20.7. The molecule has 3 N–H and O–H groups in total. The predicted octanol–water partition coefficient (Wildman–Crippen LogP) is 3.28. The lowest BCUT2D eigenvalue weighted by molar-refractivity contribution is -0.275. The molecule has 4 aliphatic rings. The predicted molar refractivity (Wildman–Crippen MR) is 108 cm³/mol. The molecule has 3 fully saturated rings. The Morgan fingerprint density at radius 3 is 2.55 bits per heavy atom. The van der Waals surface area contributed by atoms with E-state index in [1.54, 1.807) is 0 Å². The van der Waals surface area contributed by atoms with E-state index in [-0.39, 0.29) is 29.0 Å². The summed E-state index contributed by atoms with van der Waals surface area (Å²) < 4.78 is 5.13. The lowest BCUT2D eigenvalue weighted by Gasteiger charge is -2.65. The van der Waals surface area contributed by atoms with Gasteiger partial charge in [0.1, 0.15) is 0 Å². The summed E-state index contributed by atoms with van der Waals surface area (Å²) in [5.41, 5.74) is -1.11. The Bertz CT molecular complexity index is 900. The van der Waals surface area contributed by atoms with Crippen LogP contribution in [0.15, 0.2) is 39.3 Å². The molecular weight excluding hydrogens is 368 g/mol. The van der Waals surface area contributed by atoms with Crippen molar-refractivity contribution in [2.24, 2.45) is 16.7 Å². The molecule has 4 aliphatic carbocycles. The summed E-state index contributed by atoms with van der Waals surface area (Å²) in [6, 6.07) is 3.26. The van der Waals surface area contributed by atoms with E-state index in [0.29, 0.717) is 19.3 Å². The highest BCUT2D eigenvalue weighted by atomic mass is 16.4. The molecule has 0 radical (unpaired) electrons. The van der Waals surface area contributed by atoms with Gasteiger partial charge in [-0.25, -0.2) is 4.79 Å². The maximum absolute atomic E-state index is 12.2. The minimum atomic E-state index is -1.17. The van der Waals surface area contributed by atoms with E-state index >= 15 is 0 Å². The summed E-state index contributed by atoms with van der Waals surface area (Å²) in [6.45, 7) is 4.34. The van der Waals surface area contributed by atoms with E-state index in [0.717, 1.165) is 37.7 Å². The molecule has 158 valence electrons. The van der Waals surface area contributed by atoms with Crippen LogP contribution in [0.2, 0.25) is 0 Å². The smallest absolute Gasteiger partial charge is 0.335 e. The first-order chi connectivity index (χ1) is 13.6. The van der Waals surface area contributed by atoms with Crippen molar-refractivity contribution in [1.29, 1.82) is 0 Å². The number of hydrogen-bond donors (Lipinski definition) is 3. The molecular formula is C24H32O5. The van der Waals surface area contributed by atoms with Gasteiger partial charge < -0.3 is 19.7 Å². The summed E-state index contributed by atoms with van der Waals surface area (Å²) in [4.78, 5) is 11.4. The number of hydrogen-bond acceptors (Lipinski definition) is 5. The van der Waals surface area contributed by atoms with E-state index in [2.05, 4.69) is 13.8 Å². The maximum atomic E-state index is 12.2. The molecule has 29 heavy (non-hydrogen) atoms. The van der Waals surface area contributed by atoms with Gasteiger partial charge in [-0.15, -0.1) is 0 Å². The second kappa shape index (κ2) is 6.05. The van der Waals surface area contributed by atoms with Crippen LogP contribution in [0.4, 0.5) is 0 Å². The molecule has 0 bridgehead atoms. The zero-order valence-electron chi connectivity index (χ0n) is 17.4. The first-order valence-electron chi connectivity index (χ1n) is 11.1. The summed E-state index contributed by atoms with van der Waals surface area (Å²) in [5, 5.41) is 34.4. The minimum absolute atomic E-state index is 0.00645. The van der Waals surface area contributed by atoms with Gasteiger partial charge in [0.15, 0.2) is 0 Å². The molecule has 0 unspecified atom stereocenters. The third-order valence-corrected chi connectivity index (χ3v) is 9.51. The normalized spacial score (nSPS) is 49.0. The monoisotopic (exact) mass is 400 g/mol. The lowest BCUT2D eigenvalue weighted by Crippen LogP contribution is -2.71. The summed E-state index contributed by atoms with van der Waals surface area (Å²) in [5.74, 6) is 0.0489. The van der Waals surface area contributed by atoms with Crippen molar-refractivity contribution in [3.63, 3.8) is 0 Å². The number of aliphatic hydroxyl groups is 3. The number of rotatable bonds is 1. The highest BCUT2D eigenvalue weighted by molar-refractivity contribution is 5.35. The third kappa shape index (κ3) is 2.35. The van der Waals surface area contributed by atoms with Gasteiger partial charge in [-0.3, -0.25) is 0 Å². The summed E-state index contributed by atoms with van der Waals surface area (Å²) >= 11 is 0. The standard InChI is InChI=1S/C24H32O5/c1-21-9-6-17(25)13-16(21)5-11-23(27)19(21)8-10-22(2)18(7-12-24(22,23)28)15-3-4-20(26)29-14-15/h3-4,13-14,17-19,25,27-28H,5-12H2,1-2H3/t17-,18-,19-,21+,22-,23+,24-/m1/s1. The Morgan fingerprint density at radius 2 is 1.83 bits per heavy atom. The van der Waals surface area contributed by atoms with Crippen molar-refractivity contribution < 1.29 is 19.7 Å². The molecule has 5 rings (SSSR count). The van der Waals surface area contributed by atoms with E-state index < -0.39 is 16.6 Å². The molecule has 0 aliphatic heterocycles. The third-order valence-electron chi connectivity index (χ3n) is 9.51. The van der Waals surface area contributed by atoms with Crippen LogP contribution in [0, 0.1) is 16.7 Å². The van der Waals surface area contributed by atoms with Crippen molar-refractivity contribution in [3.05, 3.63) is 46.0 Å². The topological polar surface area (TPSA) is 90.9 Å². The van der Waals surface area contributed by atoms with Gasteiger partial charge in [0.2, 0.25) is 0 Å². The summed E-state index contributed by atoms with van der Waals surface area (Å²) in [6.07, 6.45) is 8.99. The molecule has 1 aromatic heterocycles. The van der Waals surface area contributed by atoms with E-state index in [1.807, 2.05) is 12.1 Å². The molecule has 5 nitrogen and oxygen atoms in total. The Hall–Kier alpha value is -1.43. The van der Waals surface area contributed by atoms with Crippen molar-refractivity contribution in [2.75, 3.05) is 0 Å². The number of allylic oxidation sites excluding steroid dienone is 1. The van der Waals surface area contributed by atoms with Crippen LogP contribution in [0.25, 0.3) is 0 Å². The molecule has 1 aromatic rings. The molecule has 0 spiro atoms. The maximum Gasteiger partial charge on any atom is 0.335 e. The van der Waals surface area contributed by atoms with Crippen LogP contribution in [-0.4, -0.2) is 32.6 Å². The largest absolute Gasteiger partial charge is 0.431 e. The Kier molecular flexibility index (Phi) is 4.08. The lowest BCUT2D eigenvalue weighted by atomic mass is 9.43. The minimum Gasteiger partial charge on any atom is -0.431 e. The fourth-order valence-corrected chi connectivity index (χ4v) is 7.84.